The maximum absolute atomic E-state index is 12.6. The molecule has 150 valence electrons. The van der Waals surface area contributed by atoms with Crippen molar-refractivity contribution >= 4 is 17.7 Å². The minimum atomic E-state index is -0.316. The summed E-state index contributed by atoms with van der Waals surface area (Å²) >= 11 is 0. The molecule has 0 bridgehead atoms. The SMILES string of the molecule is Cc1ccc(OC2CCN(C(=O)CCN3C(=O)c4ccccc4C3=O)CC2)cc1. The summed E-state index contributed by atoms with van der Waals surface area (Å²) in [5.41, 5.74) is 2.02. The molecular weight excluding hydrogens is 368 g/mol. The van der Waals surface area contributed by atoms with Gasteiger partial charge in [0.15, 0.2) is 0 Å². The number of hydrogen-bond acceptors (Lipinski definition) is 4. The summed E-state index contributed by atoms with van der Waals surface area (Å²) in [4.78, 5) is 40.3. The molecular formula is C23H24N2O4. The Bertz CT molecular complexity index is 895. The van der Waals surface area contributed by atoms with Crippen LogP contribution in [0.25, 0.3) is 0 Å². The summed E-state index contributed by atoms with van der Waals surface area (Å²) in [6, 6.07) is 14.7. The van der Waals surface area contributed by atoms with Crippen LogP contribution in [0.2, 0.25) is 0 Å². The van der Waals surface area contributed by atoms with Gasteiger partial charge in [-0.2, -0.15) is 0 Å². The molecule has 1 fully saturated rings. The lowest BCUT2D eigenvalue weighted by Gasteiger charge is -2.32. The van der Waals surface area contributed by atoms with Gasteiger partial charge in [-0.05, 0) is 31.2 Å². The van der Waals surface area contributed by atoms with Gasteiger partial charge in [0.25, 0.3) is 11.8 Å². The predicted molar refractivity (Wildman–Crippen MR) is 108 cm³/mol. The van der Waals surface area contributed by atoms with Crippen molar-refractivity contribution in [3.63, 3.8) is 0 Å². The molecule has 2 heterocycles. The van der Waals surface area contributed by atoms with E-state index in [2.05, 4.69) is 0 Å². The quantitative estimate of drug-likeness (QED) is 0.734. The van der Waals surface area contributed by atoms with E-state index in [-0.39, 0.29) is 36.8 Å². The van der Waals surface area contributed by atoms with Crippen molar-refractivity contribution in [1.82, 2.24) is 9.80 Å². The van der Waals surface area contributed by atoms with Crippen molar-refractivity contribution in [1.29, 1.82) is 0 Å². The Morgan fingerprint density at radius 2 is 1.55 bits per heavy atom. The van der Waals surface area contributed by atoms with Gasteiger partial charge in [0.1, 0.15) is 11.9 Å². The van der Waals surface area contributed by atoms with Crippen LogP contribution in [0.4, 0.5) is 0 Å². The second-order valence-corrected chi connectivity index (χ2v) is 7.57. The molecule has 4 rings (SSSR count). The standard InChI is InChI=1S/C23H24N2O4/c1-16-6-8-17(9-7-16)29-18-10-13-24(14-11-18)21(26)12-15-25-22(27)19-4-2-3-5-20(19)23(25)28/h2-9,18H,10-15H2,1H3. The molecule has 0 aromatic heterocycles. The molecule has 6 heteroatoms. The van der Waals surface area contributed by atoms with Crippen LogP contribution in [-0.2, 0) is 4.79 Å². The van der Waals surface area contributed by atoms with Gasteiger partial charge in [-0.1, -0.05) is 29.8 Å². The fraction of sp³-hybridized carbons (Fsp3) is 0.348. The third kappa shape index (κ3) is 4.01. The molecule has 2 aromatic carbocycles. The van der Waals surface area contributed by atoms with Gasteiger partial charge < -0.3 is 9.64 Å². The van der Waals surface area contributed by atoms with Crippen LogP contribution in [0, 0.1) is 6.92 Å². The molecule has 0 aliphatic carbocycles. The first-order chi connectivity index (χ1) is 14.0. The Balaban J connectivity index is 1.26. The van der Waals surface area contributed by atoms with Gasteiger partial charge >= 0.3 is 0 Å². The smallest absolute Gasteiger partial charge is 0.261 e. The fourth-order valence-corrected chi connectivity index (χ4v) is 3.84. The second kappa shape index (κ2) is 8.07. The molecule has 6 nitrogen and oxygen atoms in total. The number of aryl methyl sites for hydroxylation is 1. The van der Waals surface area contributed by atoms with Crippen molar-refractivity contribution in [2.24, 2.45) is 0 Å². The van der Waals surface area contributed by atoms with Crippen LogP contribution in [0.1, 0.15) is 45.5 Å². The zero-order chi connectivity index (χ0) is 20.4. The zero-order valence-corrected chi connectivity index (χ0v) is 16.5. The molecule has 2 aromatic rings. The number of nitrogens with zero attached hydrogens (tertiary/aromatic N) is 2. The molecule has 0 spiro atoms. The number of benzene rings is 2. The molecule has 0 atom stereocenters. The number of piperidine rings is 1. The van der Waals surface area contributed by atoms with Crippen molar-refractivity contribution in [2.75, 3.05) is 19.6 Å². The van der Waals surface area contributed by atoms with Crippen LogP contribution >= 0.6 is 0 Å². The first kappa shape index (κ1) is 19.2. The van der Waals surface area contributed by atoms with Gasteiger partial charge in [-0.15, -0.1) is 0 Å². The zero-order valence-electron chi connectivity index (χ0n) is 16.5. The summed E-state index contributed by atoms with van der Waals surface area (Å²) in [6.07, 6.45) is 1.78. The number of likely N-dealkylation sites (tertiary alicyclic amines) is 1. The van der Waals surface area contributed by atoms with E-state index in [0.717, 1.165) is 18.6 Å². The molecule has 29 heavy (non-hydrogen) atoms. The predicted octanol–water partition coefficient (Wildman–Crippen LogP) is 3.05. The molecule has 0 N–H and O–H groups in total. The van der Waals surface area contributed by atoms with E-state index in [1.807, 2.05) is 31.2 Å². The van der Waals surface area contributed by atoms with E-state index in [4.69, 9.17) is 4.74 Å². The van der Waals surface area contributed by atoms with E-state index < -0.39 is 0 Å². The first-order valence-corrected chi connectivity index (χ1v) is 9.99. The average molecular weight is 392 g/mol. The minimum Gasteiger partial charge on any atom is -0.490 e. The fourth-order valence-electron chi connectivity index (χ4n) is 3.84. The van der Waals surface area contributed by atoms with E-state index in [1.54, 1.807) is 29.2 Å². The van der Waals surface area contributed by atoms with Crippen LogP contribution in [-0.4, -0.2) is 53.3 Å². The number of carbonyl (C=O) groups excluding carboxylic acids is 3. The molecule has 3 amide bonds. The Kier molecular flexibility index (Phi) is 5.34. The highest BCUT2D eigenvalue weighted by Crippen LogP contribution is 2.23. The Morgan fingerprint density at radius 3 is 2.14 bits per heavy atom. The molecule has 0 radical (unpaired) electrons. The Morgan fingerprint density at radius 1 is 0.966 bits per heavy atom. The third-order valence-corrected chi connectivity index (χ3v) is 5.55. The number of fused-ring (bicyclic) bond motifs is 1. The van der Waals surface area contributed by atoms with Gasteiger partial charge in [0, 0.05) is 38.9 Å². The number of ether oxygens (including phenoxy) is 1. The molecule has 2 aliphatic rings. The number of hydrogen-bond donors (Lipinski definition) is 0. The molecule has 1 saturated heterocycles. The van der Waals surface area contributed by atoms with E-state index in [0.29, 0.717) is 24.2 Å². The molecule has 2 aliphatic heterocycles. The second-order valence-electron chi connectivity index (χ2n) is 7.57. The Labute approximate surface area is 170 Å². The number of amides is 3. The van der Waals surface area contributed by atoms with Crippen molar-refractivity contribution in [3.8, 4) is 5.75 Å². The van der Waals surface area contributed by atoms with Crippen LogP contribution in [0.3, 0.4) is 0 Å². The van der Waals surface area contributed by atoms with Crippen LogP contribution in [0.15, 0.2) is 48.5 Å². The van der Waals surface area contributed by atoms with Gasteiger partial charge in [0.05, 0.1) is 11.1 Å². The lowest BCUT2D eigenvalue weighted by atomic mass is 10.1. The van der Waals surface area contributed by atoms with Gasteiger partial charge in [-0.25, -0.2) is 0 Å². The maximum Gasteiger partial charge on any atom is 0.261 e. The maximum atomic E-state index is 12.6. The van der Waals surface area contributed by atoms with Crippen LogP contribution in [0.5, 0.6) is 5.75 Å². The lowest BCUT2D eigenvalue weighted by Crippen LogP contribution is -2.43. The van der Waals surface area contributed by atoms with Crippen molar-refractivity contribution < 1.29 is 19.1 Å². The monoisotopic (exact) mass is 392 g/mol. The third-order valence-electron chi connectivity index (χ3n) is 5.55. The van der Waals surface area contributed by atoms with Crippen molar-refractivity contribution in [3.05, 3.63) is 65.2 Å². The summed E-state index contributed by atoms with van der Waals surface area (Å²) in [5.74, 6) is 0.188. The Hall–Kier alpha value is -3.15. The summed E-state index contributed by atoms with van der Waals surface area (Å²) in [7, 11) is 0. The normalized spacial score (nSPS) is 16.9. The van der Waals surface area contributed by atoms with Crippen molar-refractivity contribution in [2.45, 2.75) is 32.3 Å². The lowest BCUT2D eigenvalue weighted by molar-refractivity contribution is -0.133. The number of imide groups is 1. The number of carbonyl (C=O) groups is 3. The molecule has 0 saturated carbocycles. The van der Waals surface area contributed by atoms with E-state index in [1.165, 1.54) is 10.5 Å². The van der Waals surface area contributed by atoms with E-state index in [9.17, 15) is 14.4 Å². The highest BCUT2D eigenvalue weighted by molar-refractivity contribution is 6.21. The topological polar surface area (TPSA) is 66.9 Å². The molecule has 0 unspecified atom stereocenters. The summed E-state index contributed by atoms with van der Waals surface area (Å²) in [5, 5.41) is 0. The van der Waals surface area contributed by atoms with Gasteiger partial charge in [0.2, 0.25) is 5.91 Å². The highest BCUT2D eigenvalue weighted by Gasteiger charge is 2.35. The van der Waals surface area contributed by atoms with E-state index >= 15 is 0 Å². The highest BCUT2D eigenvalue weighted by atomic mass is 16.5. The first-order valence-electron chi connectivity index (χ1n) is 9.99. The summed E-state index contributed by atoms with van der Waals surface area (Å²) < 4.78 is 6.01. The number of rotatable bonds is 5. The average Bonchev–Trinajstić information content (AvgIpc) is 2.99. The van der Waals surface area contributed by atoms with Gasteiger partial charge in [-0.3, -0.25) is 19.3 Å². The summed E-state index contributed by atoms with van der Waals surface area (Å²) in [6.45, 7) is 3.40. The van der Waals surface area contributed by atoms with Crippen LogP contribution < -0.4 is 4.74 Å². The largest absolute Gasteiger partial charge is 0.490 e. The minimum absolute atomic E-state index is 0.0321.